The second kappa shape index (κ2) is 9.47. The standard InChI is InChI=1S/C17H27NO4Si/c1-23(2,3)12-11-21-17(20)15(18)9-10-16(19)22-13-14-7-5-4-6-8-14/h4-8,15H,9-13,18H2,1-3H3. The number of carbonyl (C=O) groups excluding carboxylic acids is 2. The molecule has 1 unspecified atom stereocenters. The molecule has 1 atom stereocenters. The highest BCUT2D eigenvalue weighted by Gasteiger charge is 2.19. The zero-order chi connectivity index (χ0) is 17.3. The Morgan fingerprint density at radius 3 is 2.39 bits per heavy atom. The molecule has 0 saturated carbocycles. The van der Waals surface area contributed by atoms with Crippen LogP contribution in [0.1, 0.15) is 18.4 Å². The summed E-state index contributed by atoms with van der Waals surface area (Å²) in [4.78, 5) is 23.4. The van der Waals surface area contributed by atoms with E-state index < -0.39 is 20.1 Å². The highest BCUT2D eigenvalue weighted by atomic mass is 28.3. The smallest absolute Gasteiger partial charge is 0.322 e. The first kappa shape index (κ1) is 19.4. The number of esters is 2. The Kier molecular flexibility index (Phi) is 7.98. The third-order valence-corrected chi connectivity index (χ3v) is 5.01. The fourth-order valence-corrected chi connectivity index (χ4v) is 2.48. The van der Waals surface area contributed by atoms with Gasteiger partial charge < -0.3 is 15.2 Å². The Bertz CT molecular complexity index is 499. The van der Waals surface area contributed by atoms with E-state index in [1.165, 1.54) is 0 Å². The minimum Gasteiger partial charge on any atom is -0.465 e. The second-order valence-electron chi connectivity index (χ2n) is 6.77. The molecule has 1 aromatic carbocycles. The van der Waals surface area contributed by atoms with Crippen molar-refractivity contribution in [1.29, 1.82) is 0 Å². The maximum Gasteiger partial charge on any atom is 0.322 e. The summed E-state index contributed by atoms with van der Waals surface area (Å²) in [5.41, 5.74) is 6.68. The van der Waals surface area contributed by atoms with Crippen molar-refractivity contribution in [3.05, 3.63) is 35.9 Å². The first-order valence-electron chi connectivity index (χ1n) is 7.90. The quantitative estimate of drug-likeness (QED) is 0.554. The summed E-state index contributed by atoms with van der Waals surface area (Å²) >= 11 is 0. The monoisotopic (exact) mass is 337 g/mol. The molecule has 128 valence electrons. The van der Waals surface area contributed by atoms with Crippen LogP contribution in [-0.2, 0) is 25.7 Å². The maximum absolute atomic E-state index is 11.7. The van der Waals surface area contributed by atoms with Crippen molar-refractivity contribution in [2.75, 3.05) is 6.61 Å². The molecule has 6 heteroatoms. The van der Waals surface area contributed by atoms with Gasteiger partial charge in [-0.05, 0) is 18.0 Å². The topological polar surface area (TPSA) is 78.6 Å². The van der Waals surface area contributed by atoms with Gasteiger partial charge in [0.25, 0.3) is 0 Å². The van der Waals surface area contributed by atoms with E-state index in [2.05, 4.69) is 19.6 Å². The highest BCUT2D eigenvalue weighted by Crippen LogP contribution is 2.09. The normalized spacial score (nSPS) is 12.5. The minimum absolute atomic E-state index is 0.108. The lowest BCUT2D eigenvalue weighted by atomic mass is 10.2. The van der Waals surface area contributed by atoms with Crippen LogP contribution in [-0.4, -0.2) is 32.7 Å². The molecule has 1 aromatic rings. The van der Waals surface area contributed by atoms with Gasteiger partial charge in [0.15, 0.2) is 0 Å². The molecule has 0 amide bonds. The van der Waals surface area contributed by atoms with Gasteiger partial charge in [-0.15, -0.1) is 0 Å². The molecule has 0 aliphatic rings. The van der Waals surface area contributed by atoms with Crippen molar-refractivity contribution in [3.8, 4) is 0 Å². The summed E-state index contributed by atoms with van der Waals surface area (Å²) in [7, 11) is -1.23. The number of carbonyl (C=O) groups is 2. The van der Waals surface area contributed by atoms with Crippen molar-refractivity contribution in [2.45, 2.75) is 51.2 Å². The van der Waals surface area contributed by atoms with E-state index in [4.69, 9.17) is 15.2 Å². The number of ether oxygens (including phenoxy) is 2. The van der Waals surface area contributed by atoms with E-state index in [-0.39, 0.29) is 25.4 Å². The zero-order valence-electron chi connectivity index (χ0n) is 14.2. The van der Waals surface area contributed by atoms with Crippen LogP contribution in [0.2, 0.25) is 25.7 Å². The number of rotatable bonds is 9. The van der Waals surface area contributed by atoms with Gasteiger partial charge in [0.1, 0.15) is 12.6 Å². The Hall–Kier alpha value is -1.66. The number of benzene rings is 1. The Balaban J connectivity index is 2.20. The Labute approximate surface area is 139 Å². The molecule has 5 nitrogen and oxygen atoms in total. The molecule has 0 aliphatic carbocycles. The first-order chi connectivity index (χ1) is 10.8. The van der Waals surface area contributed by atoms with Crippen LogP contribution in [0, 0.1) is 0 Å². The fraction of sp³-hybridized carbons (Fsp3) is 0.529. The molecule has 0 aromatic heterocycles. The van der Waals surface area contributed by atoms with Crippen LogP contribution in [0.15, 0.2) is 30.3 Å². The van der Waals surface area contributed by atoms with Crippen LogP contribution in [0.25, 0.3) is 0 Å². The lowest BCUT2D eigenvalue weighted by Crippen LogP contribution is -2.34. The van der Waals surface area contributed by atoms with Crippen LogP contribution in [0.3, 0.4) is 0 Å². The summed E-state index contributed by atoms with van der Waals surface area (Å²) in [6.45, 7) is 7.27. The van der Waals surface area contributed by atoms with Crippen LogP contribution in [0.4, 0.5) is 0 Å². The van der Waals surface area contributed by atoms with Gasteiger partial charge in [-0.3, -0.25) is 9.59 Å². The van der Waals surface area contributed by atoms with Crippen LogP contribution >= 0.6 is 0 Å². The lowest BCUT2D eigenvalue weighted by Gasteiger charge is -2.16. The third kappa shape index (κ3) is 9.15. The third-order valence-electron chi connectivity index (χ3n) is 3.30. The fourth-order valence-electron chi connectivity index (χ4n) is 1.77. The van der Waals surface area contributed by atoms with Crippen molar-refractivity contribution >= 4 is 20.0 Å². The summed E-state index contributed by atoms with van der Waals surface area (Å²) in [5.74, 6) is -0.807. The van der Waals surface area contributed by atoms with E-state index in [9.17, 15) is 9.59 Å². The molecular weight excluding hydrogens is 310 g/mol. The summed E-state index contributed by atoms with van der Waals surface area (Å²) in [5, 5.41) is 0. The van der Waals surface area contributed by atoms with Crippen molar-refractivity contribution in [3.63, 3.8) is 0 Å². The van der Waals surface area contributed by atoms with Crippen molar-refractivity contribution in [2.24, 2.45) is 5.73 Å². The highest BCUT2D eigenvalue weighted by molar-refractivity contribution is 6.76. The van der Waals surface area contributed by atoms with E-state index in [1.807, 2.05) is 30.3 Å². The van der Waals surface area contributed by atoms with Gasteiger partial charge in [-0.1, -0.05) is 50.0 Å². The van der Waals surface area contributed by atoms with Crippen molar-refractivity contribution in [1.82, 2.24) is 0 Å². The Morgan fingerprint density at radius 1 is 1.13 bits per heavy atom. The average Bonchev–Trinajstić information content (AvgIpc) is 2.50. The number of hydrogen-bond acceptors (Lipinski definition) is 5. The molecule has 1 rings (SSSR count). The van der Waals surface area contributed by atoms with Gasteiger partial charge in [0, 0.05) is 14.5 Å². The second-order valence-corrected chi connectivity index (χ2v) is 12.4. The molecule has 2 N–H and O–H groups in total. The van der Waals surface area contributed by atoms with E-state index in [0.717, 1.165) is 11.6 Å². The van der Waals surface area contributed by atoms with Gasteiger partial charge in [0.2, 0.25) is 0 Å². The van der Waals surface area contributed by atoms with E-state index in [0.29, 0.717) is 6.61 Å². The molecule has 0 fully saturated rings. The lowest BCUT2D eigenvalue weighted by molar-refractivity contribution is -0.147. The maximum atomic E-state index is 11.7. The average molecular weight is 337 g/mol. The summed E-state index contributed by atoms with van der Waals surface area (Å²) in [6, 6.07) is 9.57. The number of hydrogen-bond donors (Lipinski definition) is 1. The zero-order valence-corrected chi connectivity index (χ0v) is 15.2. The van der Waals surface area contributed by atoms with Gasteiger partial charge in [-0.2, -0.15) is 0 Å². The Morgan fingerprint density at radius 2 is 1.78 bits per heavy atom. The molecule has 23 heavy (non-hydrogen) atoms. The first-order valence-corrected chi connectivity index (χ1v) is 11.6. The predicted molar refractivity (Wildman–Crippen MR) is 92.6 cm³/mol. The molecule has 0 bridgehead atoms. The molecule has 0 heterocycles. The summed E-state index contributed by atoms with van der Waals surface area (Å²) in [6.07, 6.45) is 0.344. The molecular formula is C17H27NO4Si. The minimum atomic E-state index is -1.23. The molecule has 0 spiro atoms. The molecule has 0 saturated heterocycles. The molecule has 0 aliphatic heterocycles. The predicted octanol–water partition coefficient (Wildman–Crippen LogP) is 2.72. The van der Waals surface area contributed by atoms with Crippen LogP contribution in [0.5, 0.6) is 0 Å². The van der Waals surface area contributed by atoms with Gasteiger partial charge in [-0.25, -0.2) is 0 Å². The van der Waals surface area contributed by atoms with E-state index in [1.54, 1.807) is 0 Å². The largest absolute Gasteiger partial charge is 0.465 e. The van der Waals surface area contributed by atoms with Gasteiger partial charge >= 0.3 is 11.9 Å². The SMILES string of the molecule is C[Si](C)(C)CCOC(=O)C(N)CCC(=O)OCc1ccccc1. The van der Waals surface area contributed by atoms with Crippen LogP contribution < -0.4 is 5.73 Å². The van der Waals surface area contributed by atoms with Gasteiger partial charge in [0.05, 0.1) is 6.61 Å². The number of nitrogens with two attached hydrogens (primary N) is 1. The van der Waals surface area contributed by atoms with Crippen molar-refractivity contribution < 1.29 is 19.1 Å². The van der Waals surface area contributed by atoms with E-state index >= 15 is 0 Å². The summed E-state index contributed by atoms with van der Waals surface area (Å²) < 4.78 is 10.3. The molecule has 0 radical (unpaired) electrons.